The summed E-state index contributed by atoms with van der Waals surface area (Å²) in [6, 6.07) is 7.55. The lowest BCUT2D eigenvalue weighted by Crippen LogP contribution is -2.40. The first-order chi connectivity index (χ1) is 8.52. The molecule has 2 atom stereocenters. The molecular formula is C14H21NO3. The molecule has 0 aliphatic carbocycles. The van der Waals surface area contributed by atoms with Crippen molar-refractivity contribution in [3.05, 3.63) is 29.8 Å². The van der Waals surface area contributed by atoms with Crippen LogP contribution in [0, 0.1) is 6.92 Å². The zero-order valence-corrected chi connectivity index (χ0v) is 11.1. The summed E-state index contributed by atoms with van der Waals surface area (Å²) in [5.74, 6) is 0.456. The van der Waals surface area contributed by atoms with Crippen LogP contribution in [0.25, 0.3) is 0 Å². The number of benzene rings is 1. The Labute approximate surface area is 108 Å². The molecule has 4 nitrogen and oxygen atoms in total. The van der Waals surface area contributed by atoms with Crippen molar-refractivity contribution in [3.63, 3.8) is 0 Å². The molecular weight excluding hydrogens is 230 g/mol. The highest BCUT2D eigenvalue weighted by Crippen LogP contribution is 2.14. The number of aliphatic hydroxyl groups is 1. The Morgan fingerprint density at radius 1 is 1.50 bits per heavy atom. The average Bonchev–Trinajstić information content (AvgIpc) is 2.35. The van der Waals surface area contributed by atoms with E-state index in [9.17, 15) is 9.90 Å². The second-order valence-electron chi connectivity index (χ2n) is 4.38. The van der Waals surface area contributed by atoms with E-state index in [1.807, 2.05) is 38.1 Å². The van der Waals surface area contributed by atoms with Crippen molar-refractivity contribution in [2.45, 2.75) is 39.4 Å². The van der Waals surface area contributed by atoms with Gasteiger partial charge in [0, 0.05) is 6.54 Å². The molecule has 0 aliphatic heterocycles. The van der Waals surface area contributed by atoms with Crippen LogP contribution in [0.1, 0.15) is 25.8 Å². The molecule has 0 radical (unpaired) electrons. The molecule has 100 valence electrons. The van der Waals surface area contributed by atoms with E-state index in [-0.39, 0.29) is 12.5 Å². The molecule has 2 unspecified atom stereocenters. The number of hydrogen-bond acceptors (Lipinski definition) is 3. The van der Waals surface area contributed by atoms with Crippen molar-refractivity contribution in [1.82, 2.24) is 5.32 Å². The van der Waals surface area contributed by atoms with Crippen LogP contribution in [-0.4, -0.2) is 29.8 Å². The first kappa shape index (κ1) is 14.5. The molecule has 0 saturated heterocycles. The third-order valence-corrected chi connectivity index (χ3v) is 2.65. The molecule has 2 N–H and O–H groups in total. The minimum absolute atomic E-state index is 0.219. The maximum atomic E-state index is 11.7. The summed E-state index contributed by atoms with van der Waals surface area (Å²) in [6.45, 7) is 5.78. The number of ether oxygens (including phenoxy) is 1. The Morgan fingerprint density at radius 3 is 2.83 bits per heavy atom. The van der Waals surface area contributed by atoms with Crippen molar-refractivity contribution in [2.24, 2.45) is 0 Å². The highest BCUT2D eigenvalue weighted by Gasteiger charge is 2.15. The molecule has 0 heterocycles. The highest BCUT2D eigenvalue weighted by molar-refractivity contribution is 5.80. The monoisotopic (exact) mass is 251 g/mol. The van der Waals surface area contributed by atoms with E-state index in [0.29, 0.717) is 12.2 Å². The minimum Gasteiger partial charge on any atom is -0.481 e. The lowest BCUT2D eigenvalue weighted by atomic mass is 10.2. The summed E-state index contributed by atoms with van der Waals surface area (Å²) in [4.78, 5) is 11.7. The topological polar surface area (TPSA) is 58.6 Å². The molecule has 0 aliphatic rings. The fraction of sp³-hybridized carbons (Fsp3) is 0.500. The largest absolute Gasteiger partial charge is 0.481 e. The van der Waals surface area contributed by atoms with E-state index < -0.39 is 12.2 Å². The predicted octanol–water partition coefficient (Wildman–Crippen LogP) is 1.65. The van der Waals surface area contributed by atoms with Gasteiger partial charge in [0.05, 0.1) is 6.10 Å². The summed E-state index contributed by atoms with van der Waals surface area (Å²) in [6.07, 6.45) is -0.455. The minimum atomic E-state index is -0.573. The van der Waals surface area contributed by atoms with Gasteiger partial charge in [-0.3, -0.25) is 4.79 Å². The van der Waals surface area contributed by atoms with E-state index in [0.717, 1.165) is 5.56 Å². The number of aliphatic hydroxyl groups excluding tert-OH is 1. The maximum absolute atomic E-state index is 11.7. The zero-order valence-electron chi connectivity index (χ0n) is 11.1. The molecule has 0 aromatic heterocycles. The number of hydrogen-bond donors (Lipinski definition) is 2. The first-order valence-corrected chi connectivity index (χ1v) is 6.22. The van der Waals surface area contributed by atoms with E-state index in [1.165, 1.54) is 0 Å². The van der Waals surface area contributed by atoms with Crippen molar-refractivity contribution in [3.8, 4) is 5.75 Å². The smallest absolute Gasteiger partial charge is 0.260 e. The van der Waals surface area contributed by atoms with Crippen LogP contribution in [0.15, 0.2) is 24.3 Å². The van der Waals surface area contributed by atoms with Crippen LogP contribution in [0.5, 0.6) is 5.75 Å². The lowest BCUT2D eigenvalue weighted by molar-refractivity contribution is -0.127. The fourth-order valence-corrected chi connectivity index (χ4v) is 1.45. The second-order valence-corrected chi connectivity index (χ2v) is 4.38. The number of nitrogens with one attached hydrogen (secondary N) is 1. The fourth-order valence-electron chi connectivity index (χ4n) is 1.45. The van der Waals surface area contributed by atoms with Gasteiger partial charge in [-0.2, -0.15) is 0 Å². The molecule has 0 fully saturated rings. The van der Waals surface area contributed by atoms with Gasteiger partial charge in [-0.1, -0.05) is 19.1 Å². The van der Waals surface area contributed by atoms with Gasteiger partial charge in [0.25, 0.3) is 5.91 Å². The number of carbonyl (C=O) groups is 1. The number of aryl methyl sites for hydroxylation is 1. The van der Waals surface area contributed by atoms with E-state index in [2.05, 4.69) is 5.32 Å². The summed E-state index contributed by atoms with van der Waals surface area (Å²) in [5.41, 5.74) is 1.08. The molecule has 1 rings (SSSR count). The molecule has 0 saturated carbocycles. The predicted molar refractivity (Wildman–Crippen MR) is 70.6 cm³/mol. The van der Waals surface area contributed by atoms with E-state index >= 15 is 0 Å². The Kier molecular flexibility index (Phi) is 5.65. The molecule has 4 heteroatoms. The third kappa shape index (κ3) is 4.75. The Morgan fingerprint density at radius 2 is 2.22 bits per heavy atom. The van der Waals surface area contributed by atoms with E-state index in [1.54, 1.807) is 6.92 Å². The normalized spacial score (nSPS) is 13.8. The quantitative estimate of drug-likeness (QED) is 0.808. The van der Waals surface area contributed by atoms with Gasteiger partial charge in [-0.15, -0.1) is 0 Å². The number of carbonyl (C=O) groups excluding carboxylic acids is 1. The van der Waals surface area contributed by atoms with Gasteiger partial charge in [-0.05, 0) is 38.0 Å². The van der Waals surface area contributed by atoms with Crippen LogP contribution in [0.2, 0.25) is 0 Å². The summed E-state index contributed by atoms with van der Waals surface area (Å²) in [5, 5.41) is 12.0. The van der Waals surface area contributed by atoms with E-state index in [4.69, 9.17) is 4.74 Å². The number of rotatable bonds is 6. The lowest BCUT2D eigenvalue weighted by Gasteiger charge is -2.16. The average molecular weight is 251 g/mol. The zero-order chi connectivity index (χ0) is 13.5. The van der Waals surface area contributed by atoms with Crippen molar-refractivity contribution in [1.29, 1.82) is 0 Å². The van der Waals surface area contributed by atoms with Crippen molar-refractivity contribution >= 4 is 5.91 Å². The Balaban J connectivity index is 2.45. The van der Waals surface area contributed by atoms with Crippen LogP contribution in [0.3, 0.4) is 0 Å². The Bertz CT molecular complexity index is 392. The molecule has 0 spiro atoms. The maximum Gasteiger partial charge on any atom is 0.260 e. The van der Waals surface area contributed by atoms with Crippen LogP contribution < -0.4 is 10.1 Å². The molecule has 0 bridgehead atoms. The van der Waals surface area contributed by atoms with Crippen LogP contribution in [0.4, 0.5) is 0 Å². The standard InChI is InChI=1S/C14H21NO3/c1-4-12(16)9-15-14(17)11(3)18-13-7-5-6-10(2)8-13/h5-8,11-12,16H,4,9H2,1-3H3,(H,15,17). The van der Waals surface area contributed by atoms with Crippen molar-refractivity contribution < 1.29 is 14.6 Å². The highest BCUT2D eigenvalue weighted by atomic mass is 16.5. The SMILES string of the molecule is CCC(O)CNC(=O)C(C)Oc1cccc(C)c1. The number of amides is 1. The van der Waals surface area contributed by atoms with Crippen molar-refractivity contribution in [2.75, 3.05) is 6.54 Å². The first-order valence-electron chi connectivity index (χ1n) is 6.22. The van der Waals surface area contributed by atoms with Gasteiger partial charge in [0.15, 0.2) is 6.10 Å². The van der Waals surface area contributed by atoms with Crippen LogP contribution >= 0.6 is 0 Å². The summed E-state index contributed by atoms with van der Waals surface area (Å²) in [7, 11) is 0. The Hall–Kier alpha value is -1.55. The van der Waals surface area contributed by atoms with Crippen LogP contribution in [-0.2, 0) is 4.79 Å². The van der Waals surface area contributed by atoms with Gasteiger partial charge in [-0.25, -0.2) is 0 Å². The molecule has 1 aromatic carbocycles. The summed E-state index contributed by atoms with van der Waals surface area (Å²) < 4.78 is 5.53. The van der Waals surface area contributed by atoms with Gasteiger partial charge >= 0.3 is 0 Å². The molecule has 1 amide bonds. The summed E-state index contributed by atoms with van der Waals surface area (Å²) >= 11 is 0. The van der Waals surface area contributed by atoms with Gasteiger partial charge in [0.1, 0.15) is 5.75 Å². The van der Waals surface area contributed by atoms with Gasteiger partial charge < -0.3 is 15.2 Å². The second kappa shape index (κ2) is 7.01. The third-order valence-electron chi connectivity index (χ3n) is 2.65. The molecule has 18 heavy (non-hydrogen) atoms. The molecule has 1 aromatic rings. The van der Waals surface area contributed by atoms with Gasteiger partial charge in [0.2, 0.25) is 0 Å².